The number of carbonyl (C=O) groups is 5. The Labute approximate surface area is 167 Å². The van der Waals surface area contributed by atoms with E-state index < -0.39 is 29.8 Å². The van der Waals surface area contributed by atoms with E-state index in [4.69, 9.17) is 49.5 Å². The van der Waals surface area contributed by atoms with E-state index in [2.05, 4.69) is 13.8 Å². The highest BCUT2D eigenvalue weighted by Crippen LogP contribution is 2.03. The van der Waals surface area contributed by atoms with Crippen LogP contribution in [0.2, 0.25) is 0 Å². The monoisotopic (exact) mass is 413 g/mol. The van der Waals surface area contributed by atoms with Gasteiger partial charge in [0, 0.05) is 34.6 Å². The van der Waals surface area contributed by atoms with Gasteiger partial charge in [0.2, 0.25) is 0 Å². The smallest absolute Gasteiger partial charge is 0.300 e. The number of aliphatic carboxylic acids is 5. The molecule has 10 heteroatoms. The van der Waals surface area contributed by atoms with E-state index in [0.29, 0.717) is 0 Å². The van der Waals surface area contributed by atoms with E-state index in [1.165, 1.54) is 32.1 Å². The Bertz CT molecular complexity index is 283. The maximum absolute atomic E-state index is 9.00. The van der Waals surface area contributed by atoms with Gasteiger partial charge in [-0.15, -0.1) is 0 Å². The van der Waals surface area contributed by atoms with Crippen LogP contribution in [0.5, 0.6) is 0 Å². The first-order valence-corrected chi connectivity index (χ1v) is 8.35. The highest BCUT2D eigenvalue weighted by molar-refractivity contribution is 5.63. The van der Waals surface area contributed by atoms with Gasteiger partial charge in [-0.2, -0.15) is 0 Å². The molecular weight excluding hydrogens is 376 g/mol. The first kappa shape index (κ1) is 40.1. The lowest BCUT2D eigenvalue weighted by molar-refractivity contribution is -0.135. The third kappa shape index (κ3) is 2110. The second-order valence-electron chi connectivity index (χ2n) is 4.86. The quantitative estimate of drug-likeness (QED) is 0.416. The van der Waals surface area contributed by atoms with Crippen LogP contribution >= 0.6 is 0 Å². The van der Waals surface area contributed by atoms with E-state index in [1.807, 2.05) is 0 Å². The number of hydrogen-bond acceptors (Lipinski definition) is 5. The van der Waals surface area contributed by atoms with E-state index in [9.17, 15) is 0 Å². The summed E-state index contributed by atoms with van der Waals surface area (Å²) in [5.74, 6) is -4.17. The van der Waals surface area contributed by atoms with Crippen LogP contribution in [-0.2, 0) is 24.0 Å². The van der Waals surface area contributed by atoms with Crippen LogP contribution in [0.3, 0.4) is 0 Å². The summed E-state index contributed by atoms with van der Waals surface area (Å²) < 4.78 is 0. The third-order valence-corrected chi connectivity index (χ3v) is 1.35. The van der Waals surface area contributed by atoms with Crippen LogP contribution in [0.15, 0.2) is 0 Å². The molecule has 0 bridgehead atoms. The van der Waals surface area contributed by atoms with Gasteiger partial charge in [-0.05, 0) is 0 Å². The molecule has 0 aromatic heterocycles. The van der Waals surface area contributed by atoms with Gasteiger partial charge in [-0.25, -0.2) is 0 Å². The van der Waals surface area contributed by atoms with Crippen molar-refractivity contribution in [2.24, 2.45) is 0 Å². The predicted octanol–water partition coefficient (Wildman–Crippen LogP) is 3.64. The molecular formula is C18H37O10. The number of carboxylic acids is 5. The van der Waals surface area contributed by atoms with Crippen molar-refractivity contribution in [2.75, 3.05) is 0 Å². The highest BCUT2D eigenvalue weighted by atomic mass is 16.4. The normalized spacial score (nSPS) is 7.25. The van der Waals surface area contributed by atoms with Crippen molar-refractivity contribution in [3.63, 3.8) is 0 Å². The Balaban J connectivity index is -0.0000000536. The molecule has 0 amide bonds. The van der Waals surface area contributed by atoms with Gasteiger partial charge in [0.25, 0.3) is 29.8 Å². The zero-order valence-corrected chi connectivity index (χ0v) is 17.7. The summed E-state index contributed by atoms with van der Waals surface area (Å²) in [4.78, 5) is 45.0. The Morgan fingerprint density at radius 3 is 0.857 bits per heavy atom. The van der Waals surface area contributed by atoms with E-state index >= 15 is 0 Å². The van der Waals surface area contributed by atoms with Crippen LogP contribution in [0, 0.1) is 6.92 Å². The highest BCUT2D eigenvalue weighted by Gasteiger charge is 1.83. The van der Waals surface area contributed by atoms with Crippen molar-refractivity contribution in [3.8, 4) is 0 Å². The van der Waals surface area contributed by atoms with Gasteiger partial charge in [-0.1, -0.05) is 52.4 Å². The first-order valence-electron chi connectivity index (χ1n) is 8.35. The average molecular weight is 413 g/mol. The molecule has 169 valence electrons. The van der Waals surface area contributed by atoms with Gasteiger partial charge >= 0.3 is 0 Å². The molecule has 0 rings (SSSR count). The van der Waals surface area contributed by atoms with Gasteiger partial charge in [-0.3, -0.25) is 24.0 Å². The molecule has 0 spiro atoms. The fourth-order valence-corrected chi connectivity index (χ4v) is 0.780. The van der Waals surface area contributed by atoms with Gasteiger partial charge in [0.15, 0.2) is 0 Å². The molecule has 28 heavy (non-hydrogen) atoms. The van der Waals surface area contributed by atoms with Gasteiger partial charge in [0.05, 0.1) is 0 Å². The fourth-order valence-electron chi connectivity index (χ4n) is 0.780. The summed E-state index contributed by atoms with van der Waals surface area (Å²) in [7, 11) is 0. The molecule has 0 aromatic carbocycles. The Morgan fingerprint density at radius 2 is 0.714 bits per heavy atom. The Kier molecular flexibility index (Phi) is 56.5. The maximum Gasteiger partial charge on any atom is 0.300 e. The van der Waals surface area contributed by atoms with E-state index in [1.54, 1.807) is 0 Å². The molecule has 0 aliphatic carbocycles. The lowest BCUT2D eigenvalue weighted by Gasteiger charge is -1.93. The summed E-state index contributed by atoms with van der Waals surface area (Å²) in [6.45, 7) is 11.4. The van der Waals surface area contributed by atoms with Crippen molar-refractivity contribution < 1.29 is 49.5 Å². The molecule has 0 atom stereocenters. The van der Waals surface area contributed by atoms with E-state index in [0.717, 1.165) is 41.0 Å². The van der Waals surface area contributed by atoms with Crippen LogP contribution in [-0.4, -0.2) is 55.4 Å². The molecule has 5 N–H and O–H groups in total. The lowest BCUT2D eigenvalue weighted by Crippen LogP contribution is -1.78. The standard InChI is InChI=1S/C8H17.5C2H4O2/c1-3-5-7-8-6-4-2;5*1-2(3)4/h1,3-8H2,2H3;5*1H3,(H,3,4). The minimum Gasteiger partial charge on any atom is -0.481 e. The summed E-state index contributed by atoms with van der Waals surface area (Å²) in [6, 6.07) is 0. The van der Waals surface area contributed by atoms with Crippen molar-refractivity contribution in [2.45, 2.75) is 80.1 Å². The van der Waals surface area contributed by atoms with Gasteiger partial charge in [0.1, 0.15) is 0 Å². The van der Waals surface area contributed by atoms with Crippen molar-refractivity contribution >= 4 is 29.8 Å². The molecule has 1 radical (unpaired) electrons. The molecule has 0 saturated heterocycles. The minimum atomic E-state index is -0.833. The second-order valence-corrected chi connectivity index (χ2v) is 4.86. The largest absolute Gasteiger partial charge is 0.481 e. The second kappa shape index (κ2) is 39.4. The van der Waals surface area contributed by atoms with E-state index in [-0.39, 0.29) is 0 Å². The molecule has 0 saturated carbocycles. The number of carboxylic acid groups (broad SMARTS) is 5. The third-order valence-electron chi connectivity index (χ3n) is 1.35. The minimum absolute atomic E-state index is 0.833. The summed E-state index contributed by atoms with van der Waals surface area (Å²) in [6.07, 6.45) is 7.98. The summed E-state index contributed by atoms with van der Waals surface area (Å²) >= 11 is 0. The molecule has 10 nitrogen and oxygen atoms in total. The zero-order chi connectivity index (χ0) is 24.1. The molecule has 0 unspecified atom stereocenters. The molecule has 0 heterocycles. The van der Waals surface area contributed by atoms with Crippen molar-refractivity contribution in [1.82, 2.24) is 0 Å². The van der Waals surface area contributed by atoms with Crippen LogP contribution < -0.4 is 0 Å². The fraction of sp³-hybridized carbons (Fsp3) is 0.667. The number of rotatable bonds is 5. The summed E-state index contributed by atoms with van der Waals surface area (Å²) in [5.41, 5.74) is 0. The van der Waals surface area contributed by atoms with Crippen LogP contribution in [0.25, 0.3) is 0 Å². The lowest BCUT2D eigenvalue weighted by atomic mass is 10.1. The number of unbranched alkanes of at least 4 members (excludes halogenated alkanes) is 5. The predicted molar refractivity (Wildman–Crippen MR) is 105 cm³/mol. The SMILES string of the molecule is CC(=O)O.CC(=O)O.CC(=O)O.CC(=O)O.CC(=O)O.[CH2]CCCCCCC. The topological polar surface area (TPSA) is 186 Å². The van der Waals surface area contributed by atoms with Crippen LogP contribution in [0.1, 0.15) is 80.1 Å². The van der Waals surface area contributed by atoms with Crippen molar-refractivity contribution in [1.29, 1.82) is 0 Å². The zero-order valence-electron chi connectivity index (χ0n) is 17.7. The number of hydrogen-bond donors (Lipinski definition) is 5. The maximum atomic E-state index is 9.00. The Hall–Kier alpha value is -2.65. The molecule has 0 fully saturated rings. The summed E-state index contributed by atoms with van der Waals surface area (Å²) in [5, 5.41) is 37.1. The Morgan fingerprint density at radius 1 is 0.536 bits per heavy atom. The molecule has 0 aliphatic rings. The molecule has 0 aromatic rings. The first-order chi connectivity index (χ1) is 12.6. The average Bonchev–Trinajstić information content (AvgIpc) is 2.40. The van der Waals surface area contributed by atoms with Gasteiger partial charge < -0.3 is 25.5 Å². The van der Waals surface area contributed by atoms with Crippen LogP contribution in [0.4, 0.5) is 0 Å². The van der Waals surface area contributed by atoms with Crippen molar-refractivity contribution in [3.05, 3.63) is 6.92 Å². The molecule has 0 aliphatic heterocycles.